The molecule has 0 aliphatic carbocycles. The minimum absolute atomic E-state index is 0.115. The predicted molar refractivity (Wildman–Crippen MR) is 72.2 cm³/mol. The quantitative estimate of drug-likeness (QED) is 0.665. The molecule has 2 aromatic carbocycles. The summed E-state index contributed by atoms with van der Waals surface area (Å²) >= 11 is 0. The van der Waals surface area contributed by atoms with Crippen LogP contribution in [0, 0.1) is 27.6 Å². The SMILES string of the molecule is CNc1cccc(Nc2c(F)cc(F)cc2F)c1[N+](=O)[O-]. The Bertz CT molecular complexity index is 684. The van der Waals surface area contributed by atoms with Gasteiger partial charge in [0.05, 0.1) is 4.92 Å². The molecule has 2 rings (SSSR count). The summed E-state index contributed by atoms with van der Waals surface area (Å²) < 4.78 is 40.0. The Hall–Kier alpha value is -2.77. The third-order valence-corrected chi connectivity index (χ3v) is 2.75. The van der Waals surface area contributed by atoms with Crippen molar-refractivity contribution in [2.45, 2.75) is 0 Å². The minimum Gasteiger partial charge on any atom is -0.382 e. The molecule has 0 fully saturated rings. The van der Waals surface area contributed by atoms with Gasteiger partial charge in [-0.2, -0.15) is 0 Å². The van der Waals surface area contributed by atoms with Gasteiger partial charge in [-0.05, 0) is 12.1 Å². The van der Waals surface area contributed by atoms with Gasteiger partial charge >= 0.3 is 5.69 Å². The molecule has 0 atom stereocenters. The van der Waals surface area contributed by atoms with Gasteiger partial charge in [0.1, 0.15) is 22.9 Å². The highest BCUT2D eigenvalue weighted by atomic mass is 19.1. The van der Waals surface area contributed by atoms with E-state index in [2.05, 4.69) is 10.6 Å². The van der Waals surface area contributed by atoms with E-state index in [0.29, 0.717) is 12.1 Å². The van der Waals surface area contributed by atoms with Gasteiger partial charge in [0.2, 0.25) is 0 Å². The molecule has 21 heavy (non-hydrogen) atoms. The van der Waals surface area contributed by atoms with E-state index in [1.807, 2.05) is 0 Å². The van der Waals surface area contributed by atoms with Crippen molar-refractivity contribution in [1.82, 2.24) is 0 Å². The van der Waals surface area contributed by atoms with Crippen LogP contribution in [0.25, 0.3) is 0 Å². The number of para-hydroxylation sites is 1. The molecule has 2 N–H and O–H groups in total. The summed E-state index contributed by atoms with van der Waals surface area (Å²) in [5, 5.41) is 16.0. The zero-order valence-electron chi connectivity index (χ0n) is 10.8. The number of nitrogens with one attached hydrogen (secondary N) is 2. The summed E-state index contributed by atoms with van der Waals surface area (Å²) in [6.45, 7) is 0. The number of nitro benzene ring substituents is 1. The number of halogens is 3. The first-order chi connectivity index (χ1) is 9.93. The van der Waals surface area contributed by atoms with E-state index in [0.717, 1.165) is 0 Å². The Morgan fingerprint density at radius 1 is 1.10 bits per heavy atom. The summed E-state index contributed by atoms with van der Waals surface area (Å²) in [6, 6.07) is 5.18. The topological polar surface area (TPSA) is 67.2 Å². The van der Waals surface area contributed by atoms with Crippen molar-refractivity contribution in [3.8, 4) is 0 Å². The second-order valence-corrected chi connectivity index (χ2v) is 4.08. The van der Waals surface area contributed by atoms with Crippen molar-refractivity contribution >= 4 is 22.7 Å². The number of benzene rings is 2. The fourth-order valence-electron chi connectivity index (χ4n) is 1.84. The van der Waals surface area contributed by atoms with Crippen molar-refractivity contribution in [3.63, 3.8) is 0 Å². The first-order valence-corrected chi connectivity index (χ1v) is 5.80. The molecule has 110 valence electrons. The van der Waals surface area contributed by atoms with Gasteiger partial charge in [-0.25, -0.2) is 13.2 Å². The summed E-state index contributed by atoms with van der Waals surface area (Å²) in [6.07, 6.45) is 0. The molecule has 0 heterocycles. The van der Waals surface area contributed by atoms with E-state index in [9.17, 15) is 23.3 Å². The summed E-state index contributed by atoms with van der Waals surface area (Å²) in [5.41, 5.74) is -0.972. The number of hydrogen-bond acceptors (Lipinski definition) is 4. The zero-order chi connectivity index (χ0) is 15.6. The molecule has 5 nitrogen and oxygen atoms in total. The van der Waals surface area contributed by atoms with Gasteiger partial charge < -0.3 is 10.6 Å². The maximum atomic E-state index is 13.6. The van der Waals surface area contributed by atoms with Crippen LogP contribution in [-0.2, 0) is 0 Å². The maximum absolute atomic E-state index is 13.6. The molecule has 0 saturated carbocycles. The highest BCUT2D eigenvalue weighted by Crippen LogP contribution is 2.35. The number of hydrogen-bond donors (Lipinski definition) is 2. The van der Waals surface area contributed by atoms with Crippen LogP contribution in [0.1, 0.15) is 0 Å². The molecule has 2 aromatic rings. The Labute approximate surface area is 117 Å². The molecular weight excluding hydrogens is 287 g/mol. The van der Waals surface area contributed by atoms with Crippen molar-refractivity contribution in [2.75, 3.05) is 17.7 Å². The van der Waals surface area contributed by atoms with Crippen LogP contribution in [0.3, 0.4) is 0 Å². The monoisotopic (exact) mass is 297 g/mol. The van der Waals surface area contributed by atoms with Gasteiger partial charge in [0, 0.05) is 19.2 Å². The lowest BCUT2D eigenvalue weighted by Gasteiger charge is -2.11. The molecule has 0 aliphatic heterocycles. The van der Waals surface area contributed by atoms with Crippen molar-refractivity contribution < 1.29 is 18.1 Å². The smallest absolute Gasteiger partial charge is 0.315 e. The number of anilines is 3. The summed E-state index contributed by atoms with van der Waals surface area (Å²) in [7, 11) is 1.48. The van der Waals surface area contributed by atoms with E-state index in [1.54, 1.807) is 0 Å². The molecule has 8 heteroatoms. The lowest BCUT2D eigenvalue weighted by atomic mass is 10.2. The Balaban J connectivity index is 2.52. The minimum atomic E-state index is -1.18. The molecule has 0 radical (unpaired) electrons. The number of nitrogens with zero attached hydrogens (tertiary/aromatic N) is 1. The number of nitro groups is 1. The largest absolute Gasteiger partial charge is 0.382 e. The molecule has 0 saturated heterocycles. The van der Waals surface area contributed by atoms with E-state index >= 15 is 0 Å². The van der Waals surface area contributed by atoms with E-state index < -0.39 is 28.1 Å². The normalized spacial score (nSPS) is 10.3. The average molecular weight is 297 g/mol. The van der Waals surface area contributed by atoms with E-state index in [1.165, 1.54) is 25.2 Å². The Morgan fingerprint density at radius 2 is 1.67 bits per heavy atom. The van der Waals surface area contributed by atoms with Crippen LogP contribution in [-0.4, -0.2) is 12.0 Å². The molecule has 0 aliphatic rings. The van der Waals surface area contributed by atoms with Crippen molar-refractivity contribution in [2.24, 2.45) is 0 Å². The highest BCUT2D eigenvalue weighted by molar-refractivity contribution is 5.79. The molecule has 0 spiro atoms. The molecule has 0 aromatic heterocycles. The van der Waals surface area contributed by atoms with Crippen LogP contribution in [0.4, 0.5) is 35.9 Å². The molecule has 0 unspecified atom stereocenters. The van der Waals surface area contributed by atoms with Gasteiger partial charge in [-0.1, -0.05) is 6.07 Å². The average Bonchev–Trinajstić information content (AvgIpc) is 2.42. The summed E-state index contributed by atoms with van der Waals surface area (Å²) in [4.78, 5) is 10.4. The fraction of sp³-hybridized carbons (Fsp3) is 0.0769. The third kappa shape index (κ3) is 2.88. The van der Waals surface area contributed by atoms with E-state index in [-0.39, 0.29) is 17.1 Å². The van der Waals surface area contributed by atoms with Gasteiger partial charge in [0.25, 0.3) is 0 Å². The Kier molecular flexibility index (Phi) is 3.97. The van der Waals surface area contributed by atoms with Gasteiger partial charge in [-0.15, -0.1) is 0 Å². The number of rotatable bonds is 4. The van der Waals surface area contributed by atoms with Crippen LogP contribution >= 0.6 is 0 Å². The second-order valence-electron chi connectivity index (χ2n) is 4.08. The fourth-order valence-corrected chi connectivity index (χ4v) is 1.84. The van der Waals surface area contributed by atoms with E-state index in [4.69, 9.17) is 0 Å². The molecule has 0 bridgehead atoms. The lowest BCUT2D eigenvalue weighted by Crippen LogP contribution is -2.04. The van der Waals surface area contributed by atoms with Crippen LogP contribution in [0.2, 0.25) is 0 Å². The maximum Gasteiger partial charge on any atom is 0.315 e. The molecule has 0 amide bonds. The van der Waals surface area contributed by atoms with Crippen molar-refractivity contribution in [1.29, 1.82) is 0 Å². The Morgan fingerprint density at radius 3 is 2.19 bits per heavy atom. The third-order valence-electron chi connectivity index (χ3n) is 2.75. The predicted octanol–water partition coefficient (Wildman–Crippen LogP) is 3.80. The summed E-state index contributed by atoms with van der Waals surface area (Å²) in [5.74, 6) is -3.44. The van der Waals surface area contributed by atoms with Crippen LogP contribution in [0.5, 0.6) is 0 Å². The first-order valence-electron chi connectivity index (χ1n) is 5.80. The molecular formula is C13H10F3N3O2. The lowest BCUT2D eigenvalue weighted by molar-refractivity contribution is -0.383. The van der Waals surface area contributed by atoms with Gasteiger partial charge in [0.15, 0.2) is 11.6 Å². The van der Waals surface area contributed by atoms with Gasteiger partial charge in [-0.3, -0.25) is 10.1 Å². The second kappa shape index (κ2) is 5.70. The van der Waals surface area contributed by atoms with Crippen LogP contribution in [0.15, 0.2) is 30.3 Å². The standard InChI is InChI=1S/C13H10F3N3O2/c1-17-10-3-2-4-11(13(10)19(20)21)18-12-8(15)5-7(14)6-9(12)16/h2-6,17-18H,1H3. The van der Waals surface area contributed by atoms with Crippen molar-refractivity contribution in [3.05, 3.63) is 57.9 Å². The highest BCUT2D eigenvalue weighted by Gasteiger charge is 2.21. The van der Waals surface area contributed by atoms with Crippen LogP contribution < -0.4 is 10.6 Å². The first kappa shape index (κ1) is 14.6. The zero-order valence-corrected chi connectivity index (χ0v) is 10.8.